The molecule has 4 nitrogen and oxygen atoms in total. The van der Waals surface area contributed by atoms with Gasteiger partial charge in [-0.05, 0) is 93.5 Å². The number of nitrogens with zero attached hydrogens (tertiary/aromatic N) is 3. The molecule has 0 N–H and O–H groups in total. The van der Waals surface area contributed by atoms with Crippen LogP contribution in [0.1, 0.15) is 30.0 Å². The van der Waals surface area contributed by atoms with Crippen LogP contribution in [0.5, 0.6) is 0 Å². The molecule has 0 aliphatic carbocycles. The number of fused-ring (bicyclic) bond motifs is 7. The van der Waals surface area contributed by atoms with Crippen LogP contribution in [0.3, 0.4) is 0 Å². The van der Waals surface area contributed by atoms with Gasteiger partial charge in [0, 0.05) is 38.6 Å². The van der Waals surface area contributed by atoms with E-state index in [4.69, 9.17) is 14.4 Å². The van der Waals surface area contributed by atoms with E-state index in [1.807, 2.05) is 6.07 Å². The average molecular weight is 808 g/mol. The lowest BCUT2D eigenvalue weighted by Gasteiger charge is -2.20. The minimum atomic E-state index is 0.0945. The zero-order valence-electron chi connectivity index (χ0n) is 34.7. The van der Waals surface area contributed by atoms with E-state index < -0.39 is 0 Å². The number of para-hydroxylation sites is 2. The normalized spacial score (nSPS) is 17.0. The molecule has 1 unspecified atom stereocenters. The molecule has 1 aliphatic rings. The first-order chi connectivity index (χ1) is 31.1. The van der Waals surface area contributed by atoms with Crippen molar-refractivity contribution in [2.24, 2.45) is 15.9 Å². The molecule has 1 atom stereocenters. The summed E-state index contributed by atoms with van der Waals surface area (Å²) in [6, 6.07) is 73.3. The highest BCUT2D eigenvalue weighted by atomic mass is 16.3. The third-order valence-corrected chi connectivity index (χ3v) is 12.6. The van der Waals surface area contributed by atoms with E-state index in [0.717, 1.165) is 84.3 Å². The summed E-state index contributed by atoms with van der Waals surface area (Å²) in [7, 11) is 0. The predicted octanol–water partition coefficient (Wildman–Crippen LogP) is 15.5. The van der Waals surface area contributed by atoms with E-state index in [1.165, 1.54) is 32.7 Å². The Labute approximate surface area is 365 Å². The third kappa shape index (κ3) is 6.38. The highest BCUT2D eigenvalue weighted by molar-refractivity contribution is 6.24. The van der Waals surface area contributed by atoms with Crippen LogP contribution in [0.4, 0.5) is 0 Å². The van der Waals surface area contributed by atoms with Crippen molar-refractivity contribution >= 4 is 71.8 Å². The van der Waals surface area contributed by atoms with Crippen LogP contribution in [-0.4, -0.2) is 16.1 Å². The molecule has 0 spiro atoms. The Hall–Kier alpha value is -8.08. The zero-order valence-corrected chi connectivity index (χ0v) is 34.7. The molecule has 0 fully saturated rings. The molecule has 0 saturated carbocycles. The molecule has 3 heterocycles. The largest absolute Gasteiger partial charge is 0.454 e. The molecular weight excluding hydrogens is 767 g/mol. The minimum Gasteiger partial charge on any atom is -0.454 e. The first-order valence-corrected chi connectivity index (χ1v) is 21.7. The van der Waals surface area contributed by atoms with Crippen LogP contribution in [0.2, 0.25) is 0 Å². The fraction of sp³-hybridized carbons (Fsp3) is 0.0508. The van der Waals surface area contributed by atoms with Gasteiger partial charge in [-0.1, -0.05) is 171 Å². The average Bonchev–Trinajstić information content (AvgIpc) is 3.89. The summed E-state index contributed by atoms with van der Waals surface area (Å²) in [6.07, 6.45) is 3.08. The summed E-state index contributed by atoms with van der Waals surface area (Å²) in [5.41, 5.74) is 14.4. The number of hydrogen-bond donors (Lipinski definition) is 0. The Morgan fingerprint density at radius 2 is 1.08 bits per heavy atom. The first kappa shape index (κ1) is 36.7. The van der Waals surface area contributed by atoms with E-state index in [9.17, 15) is 0 Å². The standard InChI is InChI=1S/C59H41N3O/c1-38-30-32-51(45-24-14-22-41(34-45)39-16-4-2-5-17-39)60-59(61-57(38)46-25-15-23-42(35-46)40-18-6-3-7-19-40)49-31-33-53(58-56(49)48-27-11-13-29-55(48)63-58)62-52-28-12-10-26-47(52)50-36-43-20-8-9-21-44(43)37-54(50)62/h2-29,31-38H,30H2,1H3/b51-32+,60-59-,61-57+. The summed E-state index contributed by atoms with van der Waals surface area (Å²) in [6.45, 7) is 2.28. The molecule has 0 radical (unpaired) electrons. The fourth-order valence-corrected chi connectivity index (χ4v) is 9.53. The van der Waals surface area contributed by atoms with Gasteiger partial charge in [0.15, 0.2) is 11.4 Å². The quantitative estimate of drug-likeness (QED) is 0.165. The fourth-order valence-electron chi connectivity index (χ4n) is 9.53. The smallest absolute Gasteiger partial charge is 0.160 e. The van der Waals surface area contributed by atoms with Crippen LogP contribution in [0, 0.1) is 5.92 Å². The minimum absolute atomic E-state index is 0.0945. The van der Waals surface area contributed by atoms with Crippen LogP contribution in [0.15, 0.2) is 227 Å². The number of benzene rings is 9. The van der Waals surface area contributed by atoms with Gasteiger partial charge >= 0.3 is 0 Å². The molecular formula is C59H41N3O. The molecule has 0 bridgehead atoms. The van der Waals surface area contributed by atoms with Crippen molar-refractivity contribution in [3.63, 3.8) is 0 Å². The predicted molar refractivity (Wildman–Crippen MR) is 264 cm³/mol. The van der Waals surface area contributed by atoms with Gasteiger partial charge < -0.3 is 8.98 Å². The van der Waals surface area contributed by atoms with Gasteiger partial charge in [-0.25, -0.2) is 9.98 Å². The van der Waals surface area contributed by atoms with Crippen LogP contribution >= 0.6 is 0 Å². The topological polar surface area (TPSA) is 42.8 Å². The summed E-state index contributed by atoms with van der Waals surface area (Å²) < 4.78 is 9.39. The molecule has 298 valence electrons. The monoisotopic (exact) mass is 807 g/mol. The van der Waals surface area contributed by atoms with E-state index in [0.29, 0.717) is 5.84 Å². The summed E-state index contributed by atoms with van der Waals surface area (Å²) in [5.74, 6) is 0.742. The van der Waals surface area contributed by atoms with Gasteiger partial charge in [-0.2, -0.15) is 0 Å². The van der Waals surface area contributed by atoms with Gasteiger partial charge in [0.1, 0.15) is 5.58 Å². The molecule has 0 amide bonds. The molecule has 4 heteroatoms. The molecule has 11 aromatic rings. The number of aromatic nitrogens is 1. The van der Waals surface area contributed by atoms with Gasteiger partial charge in [-0.3, -0.25) is 0 Å². The van der Waals surface area contributed by atoms with E-state index in [2.05, 4.69) is 218 Å². The van der Waals surface area contributed by atoms with E-state index in [1.54, 1.807) is 0 Å². The molecule has 0 saturated heterocycles. The number of allylic oxidation sites excluding steroid dienone is 1. The van der Waals surface area contributed by atoms with E-state index in [-0.39, 0.29) is 5.92 Å². The van der Waals surface area contributed by atoms with Crippen molar-refractivity contribution in [3.05, 3.63) is 229 Å². The Kier molecular flexibility index (Phi) is 8.82. The summed E-state index contributed by atoms with van der Waals surface area (Å²) >= 11 is 0. The highest BCUT2D eigenvalue weighted by Crippen LogP contribution is 2.41. The second kappa shape index (κ2) is 15.1. The number of amidine groups is 1. The molecule has 63 heavy (non-hydrogen) atoms. The number of hydrogen-bond acceptors (Lipinski definition) is 3. The number of rotatable bonds is 6. The van der Waals surface area contributed by atoms with E-state index >= 15 is 0 Å². The number of furan rings is 1. The maximum absolute atomic E-state index is 7.01. The molecule has 12 rings (SSSR count). The van der Waals surface area contributed by atoms with Crippen molar-refractivity contribution in [3.8, 4) is 27.9 Å². The Balaban J connectivity index is 1.12. The molecule has 1 aliphatic heterocycles. The maximum Gasteiger partial charge on any atom is 0.160 e. The van der Waals surface area contributed by atoms with Crippen LogP contribution in [0.25, 0.3) is 88.2 Å². The van der Waals surface area contributed by atoms with Gasteiger partial charge in [-0.15, -0.1) is 0 Å². The summed E-state index contributed by atoms with van der Waals surface area (Å²) in [4.78, 5) is 11.3. The lowest BCUT2D eigenvalue weighted by Crippen LogP contribution is -2.17. The summed E-state index contributed by atoms with van der Waals surface area (Å²) in [5, 5.41) is 6.82. The van der Waals surface area contributed by atoms with Gasteiger partial charge in [0.2, 0.25) is 0 Å². The lowest BCUT2D eigenvalue weighted by molar-refractivity contribution is 0.666. The van der Waals surface area contributed by atoms with Crippen molar-refractivity contribution in [2.75, 3.05) is 0 Å². The van der Waals surface area contributed by atoms with Gasteiger partial charge in [0.25, 0.3) is 0 Å². The van der Waals surface area contributed by atoms with Crippen molar-refractivity contribution in [1.82, 2.24) is 4.57 Å². The van der Waals surface area contributed by atoms with Crippen molar-refractivity contribution in [2.45, 2.75) is 13.3 Å². The Bertz CT molecular complexity index is 3660. The molecule has 2 aromatic heterocycles. The maximum atomic E-state index is 7.01. The highest BCUT2D eigenvalue weighted by Gasteiger charge is 2.25. The third-order valence-electron chi connectivity index (χ3n) is 12.6. The van der Waals surface area contributed by atoms with Crippen LogP contribution in [-0.2, 0) is 0 Å². The Morgan fingerprint density at radius 3 is 1.84 bits per heavy atom. The zero-order chi connectivity index (χ0) is 41.9. The van der Waals surface area contributed by atoms with Crippen molar-refractivity contribution < 1.29 is 4.42 Å². The second-order valence-corrected chi connectivity index (χ2v) is 16.6. The first-order valence-electron chi connectivity index (χ1n) is 21.7. The lowest BCUT2D eigenvalue weighted by atomic mass is 9.91. The van der Waals surface area contributed by atoms with Crippen molar-refractivity contribution in [1.29, 1.82) is 0 Å². The second-order valence-electron chi connectivity index (χ2n) is 16.6. The molecule has 9 aromatic carbocycles. The van der Waals surface area contributed by atoms with Gasteiger partial charge in [0.05, 0.1) is 28.1 Å². The Morgan fingerprint density at radius 1 is 0.476 bits per heavy atom. The number of aliphatic imine (C=N–C) groups is 2. The van der Waals surface area contributed by atoms with Crippen LogP contribution < -0.4 is 0 Å². The SMILES string of the molecule is CC1C/C=C(c2cccc(-c3ccccc3)c2)/N=C(c2ccc(-n3c4ccccc4c4cc5ccccc5cc43)c3oc4ccccc4c23)\N=C/1c1cccc(-c2ccccc2)c1.